The molecule has 1 saturated carbocycles. The molecule has 0 bridgehead atoms. The Balaban J connectivity index is 2.00. The summed E-state index contributed by atoms with van der Waals surface area (Å²) in [5.41, 5.74) is 4.18. The molecule has 1 aliphatic rings. The van der Waals surface area contributed by atoms with Gasteiger partial charge in [0.1, 0.15) is 0 Å². The van der Waals surface area contributed by atoms with Gasteiger partial charge in [0.15, 0.2) is 0 Å². The third-order valence-electron chi connectivity index (χ3n) is 4.48. The minimum Gasteiger partial charge on any atom is -0.312 e. The number of nitrogens with zero attached hydrogens (tertiary/aromatic N) is 1. The van der Waals surface area contributed by atoms with Gasteiger partial charge >= 0.3 is 0 Å². The lowest BCUT2D eigenvalue weighted by Crippen LogP contribution is -2.33. The van der Waals surface area contributed by atoms with Crippen LogP contribution in [0.3, 0.4) is 0 Å². The number of benzene rings is 1. The lowest BCUT2D eigenvalue weighted by molar-refractivity contribution is 0.281. The first-order valence-corrected chi connectivity index (χ1v) is 7.44. The molecular weight excluding hydrogens is 232 g/mol. The molecule has 2 heteroatoms. The number of aryl methyl sites for hydroxylation is 2. The Kier molecular flexibility index (Phi) is 4.64. The predicted molar refractivity (Wildman–Crippen MR) is 82.5 cm³/mol. The van der Waals surface area contributed by atoms with Crippen molar-refractivity contribution in [3.8, 4) is 0 Å². The fourth-order valence-electron chi connectivity index (χ4n) is 2.92. The molecule has 1 aromatic carbocycles. The van der Waals surface area contributed by atoms with Crippen molar-refractivity contribution in [2.45, 2.75) is 33.2 Å². The molecule has 19 heavy (non-hydrogen) atoms. The SMILES string of the molecule is CNC(CN(C)CC1CC1C)c1cc(C)ccc1C. The predicted octanol–water partition coefficient (Wildman–Crippen LogP) is 3.15. The van der Waals surface area contributed by atoms with Gasteiger partial charge in [-0.3, -0.25) is 0 Å². The van der Waals surface area contributed by atoms with Gasteiger partial charge in [-0.05, 0) is 57.3 Å². The van der Waals surface area contributed by atoms with Crippen LogP contribution in [0, 0.1) is 25.7 Å². The van der Waals surface area contributed by atoms with Crippen LogP contribution in [0.15, 0.2) is 18.2 Å². The molecule has 1 fully saturated rings. The average Bonchev–Trinajstić information content (AvgIpc) is 3.05. The summed E-state index contributed by atoms with van der Waals surface area (Å²) >= 11 is 0. The smallest absolute Gasteiger partial charge is 0.0449 e. The highest BCUT2D eigenvalue weighted by Crippen LogP contribution is 2.38. The van der Waals surface area contributed by atoms with Crippen molar-refractivity contribution >= 4 is 0 Å². The average molecular weight is 260 g/mol. The molecule has 106 valence electrons. The molecular formula is C17H28N2. The van der Waals surface area contributed by atoms with E-state index in [0.29, 0.717) is 6.04 Å². The summed E-state index contributed by atoms with van der Waals surface area (Å²) < 4.78 is 0. The topological polar surface area (TPSA) is 15.3 Å². The zero-order chi connectivity index (χ0) is 14.0. The monoisotopic (exact) mass is 260 g/mol. The van der Waals surface area contributed by atoms with Gasteiger partial charge < -0.3 is 10.2 Å². The van der Waals surface area contributed by atoms with Crippen LogP contribution in [0.25, 0.3) is 0 Å². The maximum atomic E-state index is 3.48. The van der Waals surface area contributed by atoms with E-state index >= 15 is 0 Å². The second-order valence-electron chi connectivity index (χ2n) is 6.40. The number of hydrogen-bond acceptors (Lipinski definition) is 2. The van der Waals surface area contributed by atoms with Crippen molar-refractivity contribution in [2.24, 2.45) is 11.8 Å². The fraction of sp³-hybridized carbons (Fsp3) is 0.647. The highest BCUT2D eigenvalue weighted by atomic mass is 15.1. The lowest BCUT2D eigenvalue weighted by Gasteiger charge is -2.25. The van der Waals surface area contributed by atoms with E-state index in [9.17, 15) is 0 Å². The van der Waals surface area contributed by atoms with Crippen LogP contribution in [0.1, 0.15) is 36.1 Å². The van der Waals surface area contributed by atoms with Crippen LogP contribution in [0.2, 0.25) is 0 Å². The molecule has 0 saturated heterocycles. The van der Waals surface area contributed by atoms with E-state index in [-0.39, 0.29) is 0 Å². The van der Waals surface area contributed by atoms with Crippen molar-refractivity contribution in [3.63, 3.8) is 0 Å². The Bertz CT molecular complexity index is 427. The summed E-state index contributed by atoms with van der Waals surface area (Å²) in [4.78, 5) is 2.48. The Hall–Kier alpha value is -0.860. The molecule has 1 aromatic rings. The van der Waals surface area contributed by atoms with E-state index in [0.717, 1.165) is 18.4 Å². The van der Waals surface area contributed by atoms with Gasteiger partial charge in [0, 0.05) is 19.1 Å². The minimum absolute atomic E-state index is 0.430. The maximum absolute atomic E-state index is 3.48. The van der Waals surface area contributed by atoms with Crippen LogP contribution in [-0.4, -0.2) is 32.1 Å². The number of likely N-dealkylation sites (N-methyl/N-ethyl adjacent to an activating group) is 2. The first-order chi connectivity index (χ1) is 9.01. The Morgan fingerprint density at radius 1 is 1.37 bits per heavy atom. The van der Waals surface area contributed by atoms with Gasteiger partial charge in [0.05, 0.1) is 0 Å². The number of hydrogen-bond donors (Lipinski definition) is 1. The summed E-state index contributed by atoms with van der Waals surface area (Å²) in [5, 5.41) is 3.48. The van der Waals surface area contributed by atoms with Crippen molar-refractivity contribution in [1.29, 1.82) is 0 Å². The molecule has 3 unspecified atom stereocenters. The second-order valence-corrected chi connectivity index (χ2v) is 6.40. The second kappa shape index (κ2) is 6.06. The van der Waals surface area contributed by atoms with Crippen LogP contribution in [-0.2, 0) is 0 Å². The summed E-state index contributed by atoms with van der Waals surface area (Å²) in [5.74, 6) is 1.87. The zero-order valence-corrected chi connectivity index (χ0v) is 13.0. The Labute approximate surface area is 118 Å². The van der Waals surface area contributed by atoms with E-state index in [4.69, 9.17) is 0 Å². The van der Waals surface area contributed by atoms with E-state index in [1.165, 1.54) is 29.7 Å². The van der Waals surface area contributed by atoms with Crippen LogP contribution >= 0.6 is 0 Å². The third kappa shape index (κ3) is 3.80. The molecule has 1 N–H and O–H groups in total. The lowest BCUT2D eigenvalue weighted by atomic mass is 9.98. The molecule has 1 aliphatic carbocycles. The molecule has 0 aliphatic heterocycles. The first-order valence-electron chi connectivity index (χ1n) is 7.44. The molecule has 0 spiro atoms. The van der Waals surface area contributed by atoms with Gasteiger partial charge in [-0.15, -0.1) is 0 Å². The third-order valence-corrected chi connectivity index (χ3v) is 4.48. The maximum Gasteiger partial charge on any atom is 0.0449 e. The highest BCUT2D eigenvalue weighted by Gasteiger charge is 2.33. The van der Waals surface area contributed by atoms with Crippen LogP contribution < -0.4 is 5.32 Å². The largest absolute Gasteiger partial charge is 0.312 e. The molecule has 0 heterocycles. The van der Waals surface area contributed by atoms with Crippen molar-refractivity contribution in [3.05, 3.63) is 34.9 Å². The van der Waals surface area contributed by atoms with Gasteiger partial charge in [-0.1, -0.05) is 30.7 Å². The molecule has 2 rings (SSSR count). The van der Waals surface area contributed by atoms with E-state index in [1.807, 2.05) is 0 Å². The van der Waals surface area contributed by atoms with Gasteiger partial charge in [0.25, 0.3) is 0 Å². The van der Waals surface area contributed by atoms with E-state index in [1.54, 1.807) is 0 Å². The van der Waals surface area contributed by atoms with Crippen molar-refractivity contribution in [2.75, 3.05) is 27.2 Å². The van der Waals surface area contributed by atoms with Crippen LogP contribution in [0.5, 0.6) is 0 Å². The highest BCUT2D eigenvalue weighted by molar-refractivity contribution is 5.33. The van der Waals surface area contributed by atoms with Crippen molar-refractivity contribution < 1.29 is 0 Å². The number of nitrogens with one attached hydrogen (secondary N) is 1. The van der Waals surface area contributed by atoms with E-state index < -0.39 is 0 Å². The first kappa shape index (κ1) is 14.5. The summed E-state index contributed by atoms with van der Waals surface area (Å²) in [7, 11) is 4.32. The summed E-state index contributed by atoms with van der Waals surface area (Å²) in [6.07, 6.45) is 1.41. The Morgan fingerprint density at radius 2 is 2.05 bits per heavy atom. The molecule has 0 amide bonds. The van der Waals surface area contributed by atoms with Gasteiger partial charge in [-0.2, -0.15) is 0 Å². The van der Waals surface area contributed by atoms with Crippen molar-refractivity contribution in [1.82, 2.24) is 10.2 Å². The fourth-order valence-corrected chi connectivity index (χ4v) is 2.92. The molecule has 3 atom stereocenters. The number of rotatable bonds is 6. The van der Waals surface area contributed by atoms with Gasteiger partial charge in [-0.25, -0.2) is 0 Å². The normalized spacial score (nSPS) is 23.7. The molecule has 0 aromatic heterocycles. The summed E-state index contributed by atoms with van der Waals surface area (Å²) in [6.45, 7) is 9.07. The molecule has 2 nitrogen and oxygen atoms in total. The van der Waals surface area contributed by atoms with Crippen LogP contribution in [0.4, 0.5) is 0 Å². The summed E-state index contributed by atoms with van der Waals surface area (Å²) in [6, 6.07) is 7.18. The zero-order valence-electron chi connectivity index (χ0n) is 13.0. The minimum atomic E-state index is 0.430. The molecule has 0 radical (unpaired) electrons. The Morgan fingerprint density at radius 3 is 2.63 bits per heavy atom. The standard InChI is InChI=1S/C17H28N2/c1-12-6-7-13(2)16(8-12)17(18-4)11-19(5)10-15-9-14(15)3/h6-8,14-15,17-18H,9-11H2,1-5H3. The quantitative estimate of drug-likeness (QED) is 0.845. The van der Waals surface area contributed by atoms with Gasteiger partial charge in [0.2, 0.25) is 0 Å². The van der Waals surface area contributed by atoms with E-state index in [2.05, 4.69) is 63.3 Å².